The Kier molecular flexibility index (Phi) is 3.70. The van der Waals surface area contributed by atoms with Gasteiger partial charge < -0.3 is 4.74 Å². The van der Waals surface area contributed by atoms with Gasteiger partial charge in [0, 0.05) is 5.56 Å². The second kappa shape index (κ2) is 4.58. The third-order valence-electron chi connectivity index (χ3n) is 1.45. The van der Waals surface area contributed by atoms with Crippen molar-refractivity contribution in [2.45, 2.75) is 11.8 Å². The molecule has 3 heteroatoms. The fourth-order valence-corrected chi connectivity index (χ4v) is 1.31. The molecule has 0 aliphatic carbocycles. The van der Waals surface area contributed by atoms with Gasteiger partial charge in [0.15, 0.2) is 0 Å². The van der Waals surface area contributed by atoms with Crippen LogP contribution in [0, 0.1) is 0 Å². The molecule has 0 unspecified atom stereocenters. The molecule has 1 aromatic rings. The van der Waals surface area contributed by atoms with Crippen LogP contribution in [-0.4, -0.2) is 6.61 Å². The predicted octanol–water partition coefficient (Wildman–Crippen LogP) is 3.56. The largest absolute Gasteiger partial charge is 0.493 e. The number of rotatable bonds is 3. The van der Waals surface area contributed by atoms with Crippen LogP contribution in [0.3, 0.4) is 0 Å². The second-order valence-electron chi connectivity index (χ2n) is 2.27. The number of halogens is 2. The van der Waals surface area contributed by atoms with Crippen molar-refractivity contribution < 1.29 is 4.74 Å². The third kappa shape index (κ3) is 2.29. The van der Waals surface area contributed by atoms with Gasteiger partial charge in [0.25, 0.3) is 0 Å². The minimum Gasteiger partial charge on any atom is -0.493 e. The summed E-state index contributed by atoms with van der Waals surface area (Å²) >= 11 is 11.5. The van der Waals surface area contributed by atoms with Crippen molar-refractivity contribution in [1.82, 2.24) is 0 Å². The van der Waals surface area contributed by atoms with Crippen molar-refractivity contribution in [2.24, 2.45) is 0 Å². The van der Waals surface area contributed by atoms with E-state index >= 15 is 0 Å². The van der Waals surface area contributed by atoms with Crippen molar-refractivity contribution in [3.63, 3.8) is 0 Å². The van der Waals surface area contributed by atoms with Crippen LogP contribution in [0.25, 0.3) is 0 Å². The molecule has 0 bridgehead atoms. The first-order valence-corrected chi connectivity index (χ1v) is 4.63. The zero-order valence-corrected chi connectivity index (χ0v) is 8.27. The minimum atomic E-state index is -0.521. The van der Waals surface area contributed by atoms with E-state index in [0.717, 1.165) is 11.3 Å². The molecule has 0 aliphatic rings. The van der Waals surface area contributed by atoms with Gasteiger partial charge in [-0.1, -0.05) is 41.4 Å². The third-order valence-corrected chi connectivity index (χ3v) is 1.92. The van der Waals surface area contributed by atoms with Gasteiger partial charge in [-0.25, -0.2) is 0 Å². The van der Waals surface area contributed by atoms with Crippen LogP contribution in [0.4, 0.5) is 0 Å². The van der Waals surface area contributed by atoms with E-state index in [0.29, 0.717) is 6.61 Å². The van der Waals surface area contributed by atoms with Crippen LogP contribution in [0.15, 0.2) is 24.3 Å². The second-order valence-corrected chi connectivity index (χ2v) is 3.37. The lowest BCUT2D eigenvalue weighted by molar-refractivity contribution is 0.337. The number of hydrogen-bond acceptors (Lipinski definition) is 1. The van der Waals surface area contributed by atoms with Crippen LogP contribution < -0.4 is 4.74 Å². The highest BCUT2D eigenvalue weighted by atomic mass is 35.5. The Labute approximate surface area is 82.2 Å². The van der Waals surface area contributed by atoms with E-state index in [-0.39, 0.29) is 0 Å². The Hall–Kier alpha value is -0.400. The standard InChI is InChI=1S/C9H10Cl2O/c1-2-12-8-6-4-3-5-7(8)9(10)11/h3-6,9H,2H2,1H3. The summed E-state index contributed by atoms with van der Waals surface area (Å²) < 4.78 is 5.33. The lowest BCUT2D eigenvalue weighted by atomic mass is 10.2. The van der Waals surface area contributed by atoms with E-state index in [9.17, 15) is 0 Å². The maximum absolute atomic E-state index is 5.73. The van der Waals surface area contributed by atoms with Crippen molar-refractivity contribution in [3.8, 4) is 5.75 Å². The van der Waals surface area contributed by atoms with Gasteiger partial charge in [0.2, 0.25) is 0 Å². The smallest absolute Gasteiger partial charge is 0.136 e. The van der Waals surface area contributed by atoms with Gasteiger partial charge in [-0.2, -0.15) is 0 Å². The van der Waals surface area contributed by atoms with E-state index in [1.54, 1.807) is 0 Å². The highest BCUT2D eigenvalue weighted by Gasteiger charge is 2.08. The van der Waals surface area contributed by atoms with Gasteiger partial charge in [-0.3, -0.25) is 0 Å². The fourth-order valence-electron chi connectivity index (χ4n) is 0.948. The summed E-state index contributed by atoms with van der Waals surface area (Å²) in [6, 6.07) is 7.49. The molecule has 0 N–H and O–H groups in total. The van der Waals surface area contributed by atoms with E-state index in [4.69, 9.17) is 27.9 Å². The van der Waals surface area contributed by atoms with Crippen molar-refractivity contribution in [2.75, 3.05) is 6.61 Å². The van der Waals surface area contributed by atoms with Crippen LogP contribution >= 0.6 is 23.2 Å². The number of hydrogen-bond donors (Lipinski definition) is 0. The van der Waals surface area contributed by atoms with E-state index in [1.807, 2.05) is 31.2 Å². The molecule has 0 radical (unpaired) electrons. The zero-order valence-electron chi connectivity index (χ0n) is 6.76. The van der Waals surface area contributed by atoms with E-state index in [2.05, 4.69) is 0 Å². The van der Waals surface area contributed by atoms with Gasteiger partial charge in [0.1, 0.15) is 10.6 Å². The molecule has 0 saturated heterocycles. The molecular weight excluding hydrogens is 195 g/mol. The van der Waals surface area contributed by atoms with E-state index in [1.165, 1.54) is 0 Å². The summed E-state index contributed by atoms with van der Waals surface area (Å²) in [6.07, 6.45) is 0. The lowest BCUT2D eigenvalue weighted by Crippen LogP contribution is -1.95. The van der Waals surface area contributed by atoms with Crippen LogP contribution in [0.1, 0.15) is 17.3 Å². The number of benzene rings is 1. The van der Waals surface area contributed by atoms with Crippen molar-refractivity contribution in [3.05, 3.63) is 29.8 Å². The number of alkyl halides is 2. The van der Waals surface area contributed by atoms with Gasteiger partial charge >= 0.3 is 0 Å². The maximum Gasteiger partial charge on any atom is 0.136 e. The molecule has 0 fully saturated rings. The van der Waals surface area contributed by atoms with Crippen molar-refractivity contribution in [1.29, 1.82) is 0 Å². The summed E-state index contributed by atoms with van der Waals surface area (Å²) in [5.41, 5.74) is 0.822. The fraction of sp³-hybridized carbons (Fsp3) is 0.333. The number of ether oxygens (including phenoxy) is 1. The molecule has 0 saturated carbocycles. The molecule has 0 amide bonds. The molecule has 66 valence electrons. The topological polar surface area (TPSA) is 9.23 Å². The van der Waals surface area contributed by atoms with Crippen molar-refractivity contribution >= 4 is 23.2 Å². The molecule has 0 aliphatic heterocycles. The highest BCUT2D eigenvalue weighted by molar-refractivity contribution is 6.44. The Bertz CT molecular complexity index is 248. The molecule has 0 aromatic heterocycles. The maximum atomic E-state index is 5.73. The summed E-state index contributed by atoms with van der Waals surface area (Å²) in [5.74, 6) is 0.759. The lowest BCUT2D eigenvalue weighted by Gasteiger charge is -2.09. The van der Waals surface area contributed by atoms with Crippen LogP contribution in [0.5, 0.6) is 5.75 Å². The summed E-state index contributed by atoms with van der Waals surface area (Å²) in [5, 5.41) is 0. The van der Waals surface area contributed by atoms with Gasteiger partial charge in [-0.05, 0) is 13.0 Å². The van der Waals surface area contributed by atoms with Gasteiger partial charge in [-0.15, -0.1) is 0 Å². The zero-order chi connectivity index (χ0) is 8.97. The quantitative estimate of drug-likeness (QED) is 0.685. The molecule has 1 nitrogen and oxygen atoms in total. The average molecular weight is 205 g/mol. The summed E-state index contributed by atoms with van der Waals surface area (Å²) in [6.45, 7) is 2.55. The van der Waals surface area contributed by atoms with E-state index < -0.39 is 4.84 Å². The summed E-state index contributed by atoms with van der Waals surface area (Å²) in [4.78, 5) is -0.521. The molecular formula is C9H10Cl2O. The Morgan fingerprint density at radius 3 is 2.58 bits per heavy atom. The van der Waals surface area contributed by atoms with Crippen LogP contribution in [-0.2, 0) is 0 Å². The first-order valence-electron chi connectivity index (χ1n) is 3.75. The minimum absolute atomic E-state index is 0.521. The molecule has 0 atom stereocenters. The predicted molar refractivity (Wildman–Crippen MR) is 52.1 cm³/mol. The monoisotopic (exact) mass is 204 g/mol. The van der Waals surface area contributed by atoms with Crippen LogP contribution in [0.2, 0.25) is 0 Å². The molecule has 0 heterocycles. The normalized spacial score (nSPS) is 10.3. The molecule has 1 rings (SSSR count). The molecule has 1 aromatic carbocycles. The Morgan fingerprint density at radius 1 is 1.33 bits per heavy atom. The summed E-state index contributed by atoms with van der Waals surface area (Å²) in [7, 11) is 0. The molecule has 12 heavy (non-hydrogen) atoms. The SMILES string of the molecule is CCOc1ccccc1C(Cl)Cl. The highest BCUT2D eigenvalue weighted by Crippen LogP contribution is 2.32. The molecule has 0 spiro atoms. The Morgan fingerprint density at radius 2 is 2.00 bits per heavy atom. The Balaban J connectivity index is 2.92. The first-order chi connectivity index (χ1) is 5.75. The average Bonchev–Trinajstić information content (AvgIpc) is 2.05. The first kappa shape index (κ1) is 9.69. The number of para-hydroxylation sites is 1. The van der Waals surface area contributed by atoms with Gasteiger partial charge in [0.05, 0.1) is 6.61 Å².